The lowest BCUT2D eigenvalue weighted by Gasteiger charge is -2.20. The maximum atomic E-state index is 12.7. The fourth-order valence-electron chi connectivity index (χ4n) is 3.30. The van der Waals surface area contributed by atoms with Crippen molar-refractivity contribution in [3.63, 3.8) is 0 Å². The Bertz CT molecular complexity index is 1020. The number of amides is 1. The number of aryl methyl sites for hydroxylation is 3. The Morgan fingerprint density at radius 1 is 1.12 bits per heavy atom. The number of fused-ring (bicyclic) bond motifs is 1. The van der Waals surface area contributed by atoms with Gasteiger partial charge >= 0.3 is 5.69 Å². The Morgan fingerprint density at radius 3 is 2.38 bits per heavy atom. The van der Waals surface area contributed by atoms with Crippen LogP contribution >= 0.6 is 15.9 Å². The van der Waals surface area contributed by atoms with Crippen LogP contribution in [0.2, 0.25) is 0 Å². The quantitative estimate of drug-likeness (QED) is 0.633. The molecule has 0 N–H and O–H groups in total. The lowest BCUT2D eigenvalue weighted by atomic mass is 10.2. The van der Waals surface area contributed by atoms with Crippen molar-refractivity contribution in [1.29, 1.82) is 0 Å². The summed E-state index contributed by atoms with van der Waals surface area (Å²) in [5, 5.41) is 0. The summed E-state index contributed by atoms with van der Waals surface area (Å²) in [5.41, 5.74) is 3.61. The van der Waals surface area contributed by atoms with Gasteiger partial charge in [0.2, 0.25) is 5.91 Å². The van der Waals surface area contributed by atoms with E-state index in [0.717, 1.165) is 26.8 Å². The molecule has 1 aromatic heterocycles. The highest BCUT2D eigenvalue weighted by atomic mass is 79.9. The summed E-state index contributed by atoms with van der Waals surface area (Å²) in [6, 6.07) is 13.5. The highest BCUT2D eigenvalue weighted by Crippen LogP contribution is 2.23. The molecule has 0 aliphatic carbocycles. The molecule has 0 unspecified atom stereocenters. The molecule has 0 bridgehead atoms. The van der Waals surface area contributed by atoms with Gasteiger partial charge in [-0.15, -0.1) is 0 Å². The minimum Gasteiger partial charge on any atom is -0.315 e. The maximum absolute atomic E-state index is 12.7. The smallest absolute Gasteiger partial charge is 0.315 e. The Hall–Kier alpha value is -2.34. The molecule has 0 radical (unpaired) electrons. The topological polar surface area (TPSA) is 47.2 Å². The van der Waals surface area contributed by atoms with E-state index in [1.165, 1.54) is 0 Å². The zero-order chi connectivity index (χ0) is 18.8. The lowest BCUT2D eigenvalue weighted by Crippen LogP contribution is -2.30. The normalized spacial score (nSPS) is 11.1. The third-order valence-corrected chi connectivity index (χ3v) is 5.18. The van der Waals surface area contributed by atoms with E-state index in [4.69, 9.17) is 0 Å². The second-order valence-electron chi connectivity index (χ2n) is 6.30. The van der Waals surface area contributed by atoms with Gasteiger partial charge in [-0.2, -0.15) is 0 Å². The first kappa shape index (κ1) is 18.5. The first-order chi connectivity index (χ1) is 12.4. The number of hydrogen-bond acceptors (Lipinski definition) is 2. The van der Waals surface area contributed by atoms with Gasteiger partial charge in [-0.25, -0.2) is 4.79 Å². The van der Waals surface area contributed by atoms with Crippen LogP contribution in [0.25, 0.3) is 11.0 Å². The molecular weight excluding hydrogens is 394 g/mol. The third kappa shape index (κ3) is 3.33. The van der Waals surface area contributed by atoms with Crippen molar-refractivity contribution in [3.8, 4) is 0 Å². The average molecular weight is 416 g/mol. The molecule has 1 amide bonds. The number of anilines is 1. The number of carbonyl (C=O) groups is 1. The molecule has 26 heavy (non-hydrogen) atoms. The van der Waals surface area contributed by atoms with Gasteiger partial charge in [-0.05, 0) is 49.7 Å². The van der Waals surface area contributed by atoms with Gasteiger partial charge in [0.25, 0.3) is 0 Å². The number of nitrogens with zero attached hydrogens (tertiary/aromatic N) is 3. The van der Waals surface area contributed by atoms with Crippen molar-refractivity contribution in [2.24, 2.45) is 0 Å². The van der Waals surface area contributed by atoms with Crippen LogP contribution in [0.5, 0.6) is 0 Å². The maximum Gasteiger partial charge on any atom is 0.329 e. The highest BCUT2D eigenvalue weighted by molar-refractivity contribution is 9.10. The number of rotatable bonds is 5. The van der Waals surface area contributed by atoms with Crippen LogP contribution in [0.1, 0.15) is 18.9 Å². The minimum atomic E-state index is -0.0658. The monoisotopic (exact) mass is 415 g/mol. The van der Waals surface area contributed by atoms with E-state index in [2.05, 4.69) is 15.9 Å². The number of carbonyl (C=O) groups excluding carboxylic acids is 1. The molecule has 0 fully saturated rings. The van der Waals surface area contributed by atoms with Crippen LogP contribution in [-0.4, -0.2) is 22.1 Å². The van der Waals surface area contributed by atoms with E-state index in [9.17, 15) is 9.59 Å². The van der Waals surface area contributed by atoms with Crippen molar-refractivity contribution in [2.45, 2.75) is 33.4 Å². The van der Waals surface area contributed by atoms with Crippen molar-refractivity contribution in [3.05, 3.63) is 63.0 Å². The van der Waals surface area contributed by atoms with E-state index in [1.807, 2.05) is 56.3 Å². The predicted molar refractivity (Wildman–Crippen MR) is 109 cm³/mol. The number of halogens is 1. The molecule has 0 aliphatic rings. The largest absolute Gasteiger partial charge is 0.329 e. The summed E-state index contributed by atoms with van der Waals surface area (Å²) in [6.07, 6.45) is 0.267. The molecule has 1 heterocycles. The summed E-state index contributed by atoms with van der Waals surface area (Å²) < 4.78 is 4.42. The predicted octanol–water partition coefficient (Wildman–Crippen LogP) is 3.95. The standard InChI is InChI=1S/C20H22BrN3O2/c1-4-23-17-7-5-6-8-18(17)24(20(23)26)12-11-19(25)22(3)16-10-9-15(21)13-14(16)2/h5-10,13H,4,11-12H2,1-3H3. The molecule has 0 atom stereocenters. The van der Waals surface area contributed by atoms with Crippen LogP contribution in [-0.2, 0) is 17.9 Å². The summed E-state index contributed by atoms with van der Waals surface area (Å²) in [5.74, 6) is -0.0179. The van der Waals surface area contributed by atoms with Gasteiger partial charge in [0.05, 0.1) is 11.0 Å². The molecule has 136 valence electrons. The van der Waals surface area contributed by atoms with E-state index in [0.29, 0.717) is 13.1 Å². The first-order valence-electron chi connectivity index (χ1n) is 8.64. The van der Waals surface area contributed by atoms with Crippen molar-refractivity contribution < 1.29 is 4.79 Å². The molecule has 0 aliphatic heterocycles. The summed E-state index contributed by atoms with van der Waals surface area (Å²) in [7, 11) is 1.77. The fraction of sp³-hybridized carbons (Fsp3) is 0.300. The van der Waals surface area contributed by atoms with Crippen molar-refractivity contribution in [1.82, 2.24) is 9.13 Å². The first-order valence-corrected chi connectivity index (χ1v) is 9.44. The van der Waals surface area contributed by atoms with Crippen LogP contribution < -0.4 is 10.6 Å². The van der Waals surface area contributed by atoms with Gasteiger partial charge in [0, 0.05) is 36.7 Å². The number of para-hydroxylation sites is 2. The summed E-state index contributed by atoms with van der Waals surface area (Å²) in [4.78, 5) is 27.0. The zero-order valence-corrected chi connectivity index (χ0v) is 16.8. The molecule has 3 aromatic rings. The molecule has 0 saturated carbocycles. The van der Waals surface area contributed by atoms with Crippen LogP contribution in [0.15, 0.2) is 51.7 Å². The third-order valence-electron chi connectivity index (χ3n) is 4.68. The van der Waals surface area contributed by atoms with E-state index in [1.54, 1.807) is 21.1 Å². The summed E-state index contributed by atoms with van der Waals surface area (Å²) in [6.45, 7) is 4.90. The van der Waals surface area contributed by atoms with Crippen LogP contribution in [0, 0.1) is 6.92 Å². The van der Waals surface area contributed by atoms with Gasteiger partial charge < -0.3 is 4.90 Å². The van der Waals surface area contributed by atoms with Crippen LogP contribution in [0.4, 0.5) is 5.69 Å². The SMILES string of the molecule is CCn1c(=O)n(CCC(=O)N(C)c2ccc(Br)cc2C)c2ccccc21. The highest BCUT2D eigenvalue weighted by Gasteiger charge is 2.16. The molecule has 6 heteroatoms. The van der Waals surface area contributed by atoms with E-state index >= 15 is 0 Å². The van der Waals surface area contributed by atoms with Gasteiger partial charge in [-0.3, -0.25) is 13.9 Å². The Balaban J connectivity index is 1.83. The average Bonchev–Trinajstić information content (AvgIpc) is 2.90. The van der Waals surface area contributed by atoms with E-state index in [-0.39, 0.29) is 18.0 Å². The number of benzene rings is 2. The Labute approximate surface area is 161 Å². The number of aromatic nitrogens is 2. The summed E-state index contributed by atoms with van der Waals surface area (Å²) >= 11 is 3.44. The molecule has 0 spiro atoms. The number of hydrogen-bond donors (Lipinski definition) is 0. The minimum absolute atomic E-state index is 0.0179. The molecular formula is C20H22BrN3O2. The zero-order valence-electron chi connectivity index (χ0n) is 15.2. The Kier molecular flexibility index (Phi) is 5.32. The lowest BCUT2D eigenvalue weighted by molar-refractivity contribution is -0.118. The second-order valence-corrected chi connectivity index (χ2v) is 7.22. The van der Waals surface area contributed by atoms with Crippen molar-refractivity contribution >= 4 is 38.6 Å². The van der Waals surface area contributed by atoms with Crippen molar-refractivity contribution in [2.75, 3.05) is 11.9 Å². The number of imidazole rings is 1. The molecule has 2 aromatic carbocycles. The van der Waals surface area contributed by atoms with Crippen LogP contribution in [0.3, 0.4) is 0 Å². The second kappa shape index (κ2) is 7.50. The van der Waals surface area contributed by atoms with Gasteiger partial charge in [0.15, 0.2) is 0 Å². The van der Waals surface area contributed by atoms with Gasteiger partial charge in [-0.1, -0.05) is 28.1 Å². The van der Waals surface area contributed by atoms with E-state index < -0.39 is 0 Å². The Morgan fingerprint density at radius 2 is 1.77 bits per heavy atom. The molecule has 0 saturated heterocycles. The molecule has 5 nitrogen and oxygen atoms in total. The van der Waals surface area contributed by atoms with Gasteiger partial charge in [0.1, 0.15) is 0 Å². The fourth-order valence-corrected chi connectivity index (χ4v) is 3.77. The molecule has 3 rings (SSSR count).